The van der Waals surface area contributed by atoms with Crippen molar-refractivity contribution >= 4 is 23.8 Å². The second-order valence-electron chi connectivity index (χ2n) is 2.55. The van der Waals surface area contributed by atoms with Crippen LogP contribution in [0.25, 0.3) is 0 Å². The molecule has 0 saturated carbocycles. The molecule has 0 unspecified atom stereocenters. The third-order valence-electron chi connectivity index (χ3n) is 1.52. The maximum absolute atomic E-state index is 5.72. The number of hydrogen-bond donors (Lipinski definition) is 2. The number of anilines is 1. The van der Waals surface area contributed by atoms with Gasteiger partial charge in [-0.05, 0) is 13.0 Å². The van der Waals surface area contributed by atoms with Crippen LogP contribution in [0.2, 0.25) is 5.15 Å². The van der Waals surface area contributed by atoms with Crippen LogP contribution in [0.15, 0.2) is 29.1 Å². The Balaban J connectivity index is 2.72. The SMILES string of the molecule is C/C=C(\C=N/NC)Nc1nccc(Cl)n1. The first-order valence-corrected chi connectivity index (χ1v) is 4.75. The zero-order valence-electron chi connectivity index (χ0n) is 8.53. The Morgan fingerprint density at radius 3 is 3.00 bits per heavy atom. The van der Waals surface area contributed by atoms with Gasteiger partial charge in [0.1, 0.15) is 5.15 Å². The molecule has 2 N–H and O–H groups in total. The van der Waals surface area contributed by atoms with Gasteiger partial charge in [-0.3, -0.25) is 0 Å². The maximum atomic E-state index is 5.72. The number of hydrazone groups is 1. The molecule has 6 heteroatoms. The second kappa shape index (κ2) is 5.98. The van der Waals surface area contributed by atoms with E-state index in [0.717, 1.165) is 5.70 Å². The predicted octanol–water partition coefficient (Wildman–Crippen LogP) is 1.65. The zero-order valence-corrected chi connectivity index (χ0v) is 9.28. The van der Waals surface area contributed by atoms with Gasteiger partial charge in [0.25, 0.3) is 0 Å². The molecule has 0 bridgehead atoms. The van der Waals surface area contributed by atoms with Crippen molar-refractivity contribution in [3.05, 3.63) is 29.2 Å². The molecule has 0 atom stereocenters. The van der Waals surface area contributed by atoms with Gasteiger partial charge in [0, 0.05) is 13.2 Å². The monoisotopic (exact) mass is 225 g/mol. The van der Waals surface area contributed by atoms with Gasteiger partial charge in [-0.15, -0.1) is 0 Å². The van der Waals surface area contributed by atoms with E-state index in [0.29, 0.717) is 11.1 Å². The molecule has 1 heterocycles. The van der Waals surface area contributed by atoms with Gasteiger partial charge in [0.15, 0.2) is 0 Å². The third-order valence-corrected chi connectivity index (χ3v) is 1.73. The minimum Gasteiger partial charge on any atom is -0.323 e. The normalized spacial score (nSPS) is 11.8. The maximum Gasteiger partial charge on any atom is 0.228 e. The molecule has 0 saturated heterocycles. The van der Waals surface area contributed by atoms with E-state index in [1.165, 1.54) is 0 Å². The minimum absolute atomic E-state index is 0.397. The summed E-state index contributed by atoms with van der Waals surface area (Å²) in [6.07, 6.45) is 5.07. The van der Waals surface area contributed by atoms with Crippen molar-refractivity contribution in [2.45, 2.75) is 6.92 Å². The lowest BCUT2D eigenvalue weighted by Gasteiger charge is -2.03. The molecule has 0 aliphatic rings. The zero-order chi connectivity index (χ0) is 11.1. The summed E-state index contributed by atoms with van der Waals surface area (Å²) in [5.41, 5.74) is 3.44. The fourth-order valence-electron chi connectivity index (χ4n) is 0.839. The molecule has 0 aliphatic carbocycles. The van der Waals surface area contributed by atoms with E-state index in [9.17, 15) is 0 Å². The molecular weight excluding hydrogens is 214 g/mol. The first-order valence-electron chi connectivity index (χ1n) is 4.38. The van der Waals surface area contributed by atoms with Crippen LogP contribution < -0.4 is 10.7 Å². The Hall–Kier alpha value is -1.62. The highest BCUT2D eigenvalue weighted by Gasteiger charge is 1.98. The van der Waals surface area contributed by atoms with Gasteiger partial charge in [-0.25, -0.2) is 9.97 Å². The van der Waals surface area contributed by atoms with Gasteiger partial charge in [-0.2, -0.15) is 5.10 Å². The molecule has 1 rings (SSSR count). The first-order chi connectivity index (χ1) is 7.26. The summed E-state index contributed by atoms with van der Waals surface area (Å²) in [6, 6.07) is 1.61. The lowest BCUT2D eigenvalue weighted by atomic mass is 10.4. The molecular formula is C9H12ClN5. The van der Waals surface area contributed by atoms with E-state index in [-0.39, 0.29) is 0 Å². The highest BCUT2D eigenvalue weighted by molar-refractivity contribution is 6.29. The van der Waals surface area contributed by atoms with Crippen LogP contribution in [-0.4, -0.2) is 23.2 Å². The Morgan fingerprint density at radius 1 is 1.60 bits per heavy atom. The van der Waals surface area contributed by atoms with Gasteiger partial charge in [-0.1, -0.05) is 17.7 Å². The van der Waals surface area contributed by atoms with Crippen molar-refractivity contribution < 1.29 is 0 Å². The smallest absolute Gasteiger partial charge is 0.228 e. The van der Waals surface area contributed by atoms with E-state index in [1.807, 2.05) is 13.0 Å². The van der Waals surface area contributed by atoms with Crippen LogP contribution in [0.3, 0.4) is 0 Å². The summed E-state index contributed by atoms with van der Waals surface area (Å²) in [7, 11) is 1.72. The number of hydrogen-bond acceptors (Lipinski definition) is 5. The summed E-state index contributed by atoms with van der Waals surface area (Å²) in [4.78, 5) is 8.00. The van der Waals surface area contributed by atoms with E-state index in [2.05, 4.69) is 25.8 Å². The number of nitrogens with zero attached hydrogens (tertiary/aromatic N) is 3. The van der Waals surface area contributed by atoms with Crippen molar-refractivity contribution in [1.82, 2.24) is 15.4 Å². The van der Waals surface area contributed by atoms with Crippen molar-refractivity contribution in [3.63, 3.8) is 0 Å². The summed E-state index contributed by atoms with van der Waals surface area (Å²) in [5, 5.41) is 7.23. The van der Waals surface area contributed by atoms with Crippen molar-refractivity contribution in [2.24, 2.45) is 5.10 Å². The fraction of sp³-hybridized carbons (Fsp3) is 0.222. The molecule has 0 aliphatic heterocycles. The molecule has 0 amide bonds. The molecule has 5 nitrogen and oxygen atoms in total. The molecule has 1 aromatic heterocycles. The summed E-state index contributed by atoms with van der Waals surface area (Å²) >= 11 is 5.72. The Labute approximate surface area is 93.3 Å². The molecule has 0 aromatic carbocycles. The lowest BCUT2D eigenvalue weighted by Crippen LogP contribution is -2.06. The largest absolute Gasteiger partial charge is 0.323 e. The van der Waals surface area contributed by atoms with Crippen LogP contribution in [0.4, 0.5) is 5.95 Å². The number of aromatic nitrogens is 2. The van der Waals surface area contributed by atoms with Gasteiger partial charge < -0.3 is 10.7 Å². The van der Waals surface area contributed by atoms with E-state index in [4.69, 9.17) is 11.6 Å². The van der Waals surface area contributed by atoms with Gasteiger partial charge >= 0.3 is 0 Å². The number of nitrogens with one attached hydrogen (secondary N) is 2. The molecule has 1 aromatic rings. The topological polar surface area (TPSA) is 62.2 Å². The molecule has 0 radical (unpaired) electrons. The van der Waals surface area contributed by atoms with Gasteiger partial charge in [0.2, 0.25) is 5.95 Å². The average molecular weight is 226 g/mol. The number of rotatable bonds is 4. The lowest BCUT2D eigenvalue weighted by molar-refractivity contribution is 0.907. The average Bonchev–Trinajstić information content (AvgIpc) is 2.24. The highest BCUT2D eigenvalue weighted by Crippen LogP contribution is 2.07. The van der Waals surface area contributed by atoms with Crippen molar-refractivity contribution in [2.75, 3.05) is 12.4 Å². The molecule has 0 spiro atoms. The fourth-order valence-corrected chi connectivity index (χ4v) is 0.975. The summed E-state index contributed by atoms with van der Waals surface area (Å²) < 4.78 is 0. The molecule has 15 heavy (non-hydrogen) atoms. The Bertz CT molecular complexity index is 375. The second-order valence-corrected chi connectivity index (χ2v) is 2.94. The van der Waals surface area contributed by atoms with Crippen LogP contribution in [-0.2, 0) is 0 Å². The summed E-state index contributed by atoms with van der Waals surface area (Å²) in [6.45, 7) is 1.88. The van der Waals surface area contributed by atoms with E-state index >= 15 is 0 Å². The van der Waals surface area contributed by atoms with E-state index in [1.54, 1.807) is 25.5 Å². The van der Waals surface area contributed by atoms with Crippen LogP contribution in [0.5, 0.6) is 0 Å². The van der Waals surface area contributed by atoms with Crippen molar-refractivity contribution in [3.8, 4) is 0 Å². The van der Waals surface area contributed by atoms with Gasteiger partial charge in [0.05, 0.1) is 11.9 Å². The first kappa shape index (κ1) is 11.5. The molecule has 80 valence electrons. The number of allylic oxidation sites excluding steroid dienone is 2. The van der Waals surface area contributed by atoms with Crippen LogP contribution in [0, 0.1) is 0 Å². The van der Waals surface area contributed by atoms with Crippen LogP contribution in [0.1, 0.15) is 6.92 Å². The third kappa shape index (κ3) is 3.95. The predicted molar refractivity (Wildman–Crippen MR) is 62.0 cm³/mol. The quantitative estimate of drug-likeness (QED) is 0.465. The van der Waals surface area contributed by atoms with Crippen molar-refractivity contribution in [1.29, 1.82) is 0 Å². The minimum atomic E-state index is 0.397. The standard InChI is InChI=1S/C9H12ClN5/c1-3-7(6-13-11-2)14-9-12-5-4-8(10)15-9/h3-6,11H,1-2H3,(H,12,14,15)/b7-3+,13-6-. The highest BCUT2D eigenvalue weighted by atomic mass is 35.5. The van der Waals surface area contributed by atoms with E-state index < -0.39 is 0 Å². The number of halogens is 1. The van der Waals surface area contributed by atoms with Crippen LogP contribution >= 0.6 is 11.6 Å². The Kier molecular flexibility index (Phi) is 4.56. The Morgan fingerprint density at radius 2 is 2.40 bits per heavy atom. The summed E-state index contributed by atoms with van der Waals surface area (Å²) in [5.74, 6) is 0.443. The molecule has 0 fully saturated rings.